The van der Waals surface area contributed by atoms with Gasteiger partial charge in [-0.3, -0.25) is 10.8 Å². The number of hydrazine groups is 1. The van der Waals surface area contributed by atoms with Crippen molar-refractivity contribution in [3.63, 3.8) is 0 Å². The second-order valence-electron chi connectivity index (χ2n) is 3.84. The first-order valence-electron chi connectivity index (χ1n) is 5.13. The minimum Gasteiger partial charge on any atom is -0.271 e. The van der Waals surface area contributed by atoms with Gasteiger partial charge in [-0.1, -0.05) is 6.07 Å². The molecule has 16 heavy (non-hydrogen) atoms. The zero-order chi connectivity index (χ0) is 11.5. The lowest BCUT2D eigenvalue weighted by atomic mass is 10.0. The molecule has 2 aromatic heterocycles. The lowest BCUT2D eigenvalue weighted by Crippen LogP contribution is -2.29. The molecule has 0 bridgehead atoms. The molecule has 0 aromatic carbocycles. The lowest BCUT2D eigenvalue weighted by Gasteiger charge is -2.16. The number of aromatic nitrogens is 1. The summed E-state index contributed by atoms with van der Waals surface area (Å²) in [6.07, 6.45) is 1.87. The summed E-state index contributed by atoms with van der Waals surface area (Å²) in [6, 6.07) is 4.09. The van der Waals surface area contributed by atoms with Crippen LogP contribution in [-0.2, 0) is 0 Å². The first-order chi connectivity index (χ1) is 7.72. The number of thiophene rings is 1. The van der Waals surface area contributed by atoms with E-state index in [-0.39, 0.29) is 6.04 Å². The molecule has 1 unspecified atom stereocenters. The summed E-state index contributed by atoms with van der Waals surface area (Å²) < 4.78 is 0. The molecule has 0 aliphatic rings. The van der Waals surface area contributed by atoms with Gasteiger partial charge in [0.1, 0.15) is 0 Å². The van der Waals surface area contributed by atoms with Gasteiger partial charge in [0.2, 0.25) is 0 Å². The number of nitrogens with one attached hydrogen (secondary N) is 1. The third-order valence-corrected chi connectivity index (χ3v) is 3.52. The van der Waals surface area contributed by atoms with E-state index in [2.05, 4.69) is 34.2 Å². The average Bonchev–Trinajstić information content (AvgIpc) is 2.69. The normalized spacial score (nSPS) is 12.7. The molecule has 84 valence electrons. The van der Waals surface area contributed by atoms with Crippen molar-refractivity contribution in [2.24, 2.45) is 5.84 Å². The van der Waals surface area contributed by atoms with Crippen molar-refractivity contribution in [3.8, 4) is 0 Å². The fraction of sp³-hybridized carbons (Fsp3) is 0.250. The maximum Gasteiger partial charge on any atom is 0.0735 e. The van der Waals surface area contributed by atoms with Crippen LogP contribution in [0.25, 0.3) is 0 Å². The third kappa shape index (κ3) is 2.14. The van der Waals surface area contributed by atoms with Crippen molar-refractivity contribution < 1.29 is 0 Å². The molecule has 0 fully saturated rings. The highest BCUT2D eigenvalue weighted by Gasteiger charge is 2.15. The Morgan fingerprint density at radius 1 is 1.31 bits per heavy atom. The molecule has 0 aliphatic carbocycles. The predicted molar refractivity (Wildman–Crippen MR) is 67.2 cm³/mol. The van der Waals surface area contributed by atoms with Crippen LogP contribution < -0.4 is 11.3 Å². The highest BCUT2D eigenvalue weighted by atomic mass is 32.1. The van der Waals surface area contributed by atoms with E-state index in [0.29, 0.717) is 0 Å². The van der Waals surface area contributed by atoms with Crippen LogP contribution in [0.5, 0.6) is 0 Å². The first kappa shape index (κ1) is 11.3. The fourth-order valence-corrected chi connectivity index (χ4v) is 2.56. The quantitative estimate of drug-likeness (QED) is 0.632. The zero-order valence-corrected chi connectivity index (χ0v) is 10.2. The molecular weight excluding hydrogens is 218 g/mol. The van der Waals surface area contributed by atoms with E-state index in [9.17, 15) is 0 Å². The molecule has 0 saturated heterocycles. The van der Waals surface area contributed by atoms with Gasteiger partial charge in [0.15, 0.2) is 0 Å². The molecule has 0 saturated carbocycles. The van der Waals surface area contributed by atoms with Crippen LogP contribution in [0.3, 0.4) is 0 Å². The van der Waals surface area contributed by atoms with Crippen LogP contribution >= 0.6 is 11.3 Å². The highest BCUT2D eigenvalue weighted by Crippen LogP contribution is 2.26. The van der Waals surface area contributed by atoms with Gasteiger partial charge < -0.3 is 0 Å². The number of hydrogen-bond acceptors (Lipinski definition) is 4. The Morgan fingerprint density at radius 2 is 2.12 bits per heavy atom. The Morgan fingerprint density at radius 3 is 2.62 bits per heavy atom. The number of nitrogens with two attached hydrogens (primary N) is 1. The maximum absolute atomic E-state index is 5.63. The Kier molecular flexibility index (Phi) is 3.33. The predicted octanol–water partition coefficient (Wildman–Crippen LogP) is 2.31. The molecule has 0 spiro atoms. The summed E-state index contributed by atoms with van der Waals surface area (Å²) in [5.74, 6) is 5.63. The molecule has 2 aromatic rings. The van der Waals surface area contributed by atoms with Crippen molar-refractivity contribution in [2.45, 2.75) is 19.9 Å². The summed E-state index contributed by atoms with van der Waals surface area (Å²) in [5, 5.41) is 4.25. The monoisotopic (exact) mass is 233 g/mol. The van der Waals surface area contributed by atoms with Crippen molar-refractivity contribution >= 4 is 11.3 Å². The summed E-state index contributed by atoms with van der Waals surface area (Å²) in [5.41, 5.74) is 7.43. The molecular formula is C12H15N3S. The number of hydrogen-bond donors (Lipinski definition) is 2. The van der Waals surface area contributed by atoms with Gasteiger partial charge in [0.05, 0.1) is 6.04 Å². The Balaban J connectivity index is 2.37. The molecule has 0 aliphatic heterocycles. The molecule has 4 heteroatoms. The molecule has 0 amide bonds. The number of aryl methyl sites for hydroxylation is 2. The highest BCUT2D eigenvalue weighted by molar-refractivity contribution is 7.08. The fourth-order valence-electron chi connectivity index (χ4n) is 1.68. The van der Waals surface area contributed by atoms with E-state index in [1.165, 1.54) is 11.1 Å². The van der Waals surface area contributed by atoms with Gasteiger partial charge >= 0.3 is 0 Å². The zero-order valence-electron chi connectivity index (χ0n) is 9.40. The van der Waals surface area contributed by atoms with Gasteiger partial charge in [-0.15, -0.1) is 0 Å². The van der Waals surface area contributed by atoms with E-state index in [4.69, 9.17) is 5.84 Å². The van der Waals surface area contributed by atoms with Crippen LogP contribution in [0.1, 0.15) is 28.4 Å². The SMILES string of the molecule is Cc1ccc(C(NN)c2cscc2C)cn1. The Labute approximate surface area is 99.3 Å². The van der Waals surface area contributed by atoms with Gasteiger partial charge in [-0.25, -0.2) is 5.43 Å². The van der Waals surface area contributed by atoms with E-state index in [1.807, 2.05) is 19.2 Å². The Hall–Kier alpha value is -1.23. The van der Waals surface area contributed by atoms with Crippen molar-refractivity contribution in [3.05, 3.63) is 51.5 Å². The lowest BCUT2D eigenvalue weighted by molar-refractivity contribution is 0.633. The second kappa shape index (κ2) is 4.74. The van der Waals surface area contributed by atoms with Crippen LogP contribution in [-0.4, -0.2) is 4.98 Å². The summed E-state index contributed by atoms with van der Waals surface area (Å²) >= 11 is 1.69. The van der Waals surface area contributed by atoms with Crippen LogP contribution in [0.15, 0.2) is 29.1 Å². The summed E-state index contributed by atoms with van der Waals surface area (Å²) in [7, 11) is 0. The number of pyridine rings is 1. The standard InChI is InChI=1S/C12H15N3S/c1-8-6-16-7-11(8)12(15-13)10-4-3-9(2)14-5-10/h3-7,12,15H,13H2,1-2H3. The average molecular weight is 233 g/mol. The third-order valence-electron chi connectivity index (χ3n) is 2.64. The summed E-state index contributed by atoms with van der Waals surface area (Å²) in [4.78, 5) is 4.30. The second-order valence-corrected chi connectivity index (χ2v) is 4.59. The molecule has 2 heterocycles. The topological polar surface area (TPSA) is 50.9 Å². The van der Waals surface area contributed by atoms with Gasteiger partial charge in [0, 0.05) is 11.9 Å². The number of nitrogens with zero attached hydrogens (tertiary/aromatic N) is 1. The maximum atomic E-state index is 5.63. The molecule has 1 atom stereocenters. The van der Waals surface area contributed by atoms with Crippen molar-refractivity contribution in [1.29, 1.82) is 0 Å². The van der Waals surface area contributed by atoms with E-state index in [0.717, 1.165) is 11.3 Å². The van der Waals surface area contributed by atoms with Crippen LogP contribution in [0, 0.1) is 13.8 Å². The van der Waals surface area contributed by atoms with E-state index < -0.39 is 0 Å². The molecule has 3 nitrogen and oxygen atoms in total. The molecule has 3 N–H and O–H groups in total. The minimum absolute atomic E-state index is 0.0272. The van der Waals surface area contributed by atoms with Crippen molar-refractivity contribution in [1.82, 2.24) is 10.4 Å². The van der Waals surface area contributed by atoms with Gasteiger partial charge in [-0.05, 0) is 47.4 Å². The van der Waals surface area contributed by atoms with Gasteiger partial charge in [0.25, 0.3) is 0 Å². The van der Waals surface area contributed by atoms with Gasteiger partial charge in [-0.2, -0.15) is 11.3 Å². The van der Waals surface area contributed by atoms with Crippen molar-refractivity contribution in [2.75, 3.05) is 0 Å². The smallest absolute Gasteiger partial charge is 0.0735 e. The van der Waals surface area contributed by atoms with Crippen LogP contribution in [0.2, 0.25) is 0 Å². The van der Waals surface area contributed by atoms with Crippen LogP contribution in [0.4, 0.5) is 0 Å². The molecule has 2 rings (SSSR count). The van der Waals surface area contributed by atoms with E-state index in [1.54, 1.807) is 11.3 Å². The Bertz CT molecular complexity index is 461. The first-order valence-corrected chi connectivity index (χ1v) is 6.08. The minimum atomic E-state index is 0.0272. The van der Waals surface area contributed by atoms with E-state index >= 15 is 0 Å². The largest absolute Gasteiger partial charge is 0.271 e. The summed E-state index contributed by atoms with van der Waals surface area (Å²) in [6.45, 7) is 4.07. The molecule has 0 radical (unpaired) electrons. The number of rotatable bonds is 3.